The van der Waals surface area contributed by atoms with Crippen molar-refractivity contribution in [2.45, 2.75) is 32.1 Å². The number of ketones is 1. The lowest BCUT2D eigenvalue weighted by Gasteiger charge is -2.27. The van der Waals surface area contributed by atoms with Crippen molar-refractivity contribution in [3.05, 3.63) is 81.7 Å². The molecule has 0 radical (unpaired) electrons. The van der Waals surface area contributed by atoms with E-state index >= 15 is 0 Å². The molecule has 3 heteroatoms. The van der Waals surface area contributed by atoms with E-state index < -0.39 is 0 Å². The van der Waals surface area contributed by atoms with Crippen LogP contribution in [0.1, 0.15) is 47.2 Å². The Labute approximate surface area is 181 Å². The van der Waals surface area contributed by atoms with Gasteiger partial charge in [0.05, 0.1) is 0 Å². The van der Waals surface area contributed by atoms with Crippen molar-refractivity contribution in [1.82, 2.24) is 0 Å². The molecule has 0 saturated heterocycles. The summed E-state index contributed by atoms with van der Waals surface area (Å²) in [6.07, 6.45) is 7.38. The summed E-state index contributed by atoms with van der Waals surface area (Å²) in [7, 11) is 0. The highest BCUT2D eigenvalue weighted by molar-refractivity contribution is 6.02. The lowest BCUT2D eigenvalue weighted by atomic mass is 9.76. The zero-order valence-electron chi connectivity index (χ0n) is 17.6. The number of hydrogen-bond donors (Lipinski definition) is 0. The van der Waals surface area contributed by atoms with Crippen LogP contribution in [0.25, 0.3) is 23.3 Å². The van der Waals surface area contributed by atoms with Crippen LogP contribution in [0.4, 0.5) is 0 Å². The summed E-state index contributed by atoms with van der Waals surface area (Å²) in [5, 5.41) is 2.54. The number of rotatable bonds is 3. The highest BCUT2D eigenvalue weighted by atomic mass is 16.7. The van der Waals surface area contributed by atoms with Crippen molar-refractivity contribution >= 4 is 17.9 Å². The Kier molecular flexibility index (Phi) is 4.24. The van der Waals surface area contributed by atoms with Gasteiger partial charge in [-0.15, -0.1) is 0 Å². The molecule has 154 valence electrons. The molecule has 0 fully saturated rings. The first-order valence-electron chi connectivity index (χ1n) is 11.1. The van der Waals surface area contributed by atoms with Crippen LogP contribution in [0, 0.1) is 5.92 Å². The summed E-state index contributed by atoms with van der Waals surface area (Å²) in [5.74, 6) is 1.80. The van der Waals surface area contributed by atoms with Gasteiger partial charge >= 0.3 is 0 Å². The summed E-state index contributed by atoms with van der Waals surface area (Å²) in [5.41, 5.74) is 6.04. The predicted molar refractivity (Wildman–Crippen MR) is 122 cm³/mol. The lowest BCUT2D eigenvalue weighted by Crippen LogP contribution is -2.38. The average Bonchev–Trinajstić information content (AvgIpc) is 3.30. The molecule has 0 saturated carbocycles. The van der Waals surface area contributed by atoms with Crippen LogP contribution in [-0.4, -0.2) is 12.6 Å². The van der Waals surface area contributed by atoms with Gasteiger partial charge in [-0.2, -0.15) is 0 Å². The Hall–Kier alpha value is -3.33. The van der Waals surface area contributed by atoms with Gasteiger partial charge in [0, 0.05) is 11.5 Å². The number of carbonyl (C=O) groups excluding carboxylic acids is 1. The fraction of sp³-hybridized carbons (Fsp3) is 0.250. The quantitative estimate of drug-likeness (QED) is 0.595. The molecule has 0 amide bonds. The Balaban J connectivity index is 1.48. The van der Waals surface area contributed by atoms with Crippen molar-refractivity contribution in [3.8, 4) is 22.6 Å². The first kappa shape index (κ1) is 18.4. The molecule has 1 aliphatic heterocycles. The number of carbonyl (C=O) groups is 1. The topological polar surface area (TPSA) is 35.5 Å². The molecule has 0 spiro atoms. The van der Waals surface area contributed by atoms with Gasteiger partial charge in [-0.25, -0.2) is 0 Å². The summed E-state index contributed by atoms with van der Waals surface area (Å²) in [6.45, 7) is 2.44. The molecule has 0 bridgehead atoms. The van der Waals surface area contributed by atoms with Crippen LogP contribution < -0.4 is 19.9 Å². The molecule has 2 unspecified atom stereocenters. The monoisotopic (exact) mass is 408 g/mol. The number of fused-ring (bicyclic) bond motifs is 6. The van der Waals surface area contributed by atoms with Crippen molar-refractivity contribution in [2.24, 2.45) is 5.92 Å². The van der Waals surface area contributed by atoms with Crippen molar-refractivity contribution < 1.29 is 14.3 Å². The highest BCUT2D eigenvalue weighted by Gasteiger charge is 2.29. The summed E-state index contributed by atoms with van der Waals surface area (Å²) >= 11 is 0. The van der Waals surface area contributed by atoms with E-state index in [9.17, 15) is 4.79 Å². The minimum Gasteiger partial charge on any atom is -0.454 e. The molecular formula is C28H24O3. The molecule has 3 aliphatic rings. The summed E-state index contributed by atoms with van der Waals surface area (Å²) in [4.78, 5) is 13.5. The summed E-state index contributed by atoms with van der Waals surface area (Å²) in [6, 6.07) is 18.7. The molecule has 3 nitrogen and oxygen atoms in total. The highest BCUT2D eigenvalue weighted by Crippen LogP contribution is 2.36. The van der Waals surface area contributed by atoms with E-state index in [4.69, 9.17) is 9.47 Å². The van der Waals surface area contributed by atoms with Crippen molar-refractivity contribution in [1.29, 1.82) is 0 Å². The number of Topliss-reactive ketones (excluding diaryl/α,β-unsaturated/α-hetero) is 1. The van der Waals surface area contributed by atoms with Crippen LogP contribution in [0.5, 0.6) is 11.5 Å². The van der Waals surface area contributed by atoms with Gasteiger partial charge < -0.3 is 9.47 Å². The van der Waals surface area contributed by atoms with Gasteiger partial charge in [0.2, 0.25) is 6.79 Å². The van der Waals surface area contributed by atoms with Crippen LogP contribution in [0.3, 0.4) is 0 Å². The normalized spacial score (nSPS) is 20.0. The van der Waals surface area contributed by atoms with Gasteiger partial charge in [0.15, 0.2) is 17.3 Å². The van der Waals surface area contributed by atoms with Gasteiger partial charge in [-0.3, -0.25) is 4.79 Å². The second-order valence-electron chi connectivity index (χ2n) is 8.64. The lowest BCUT2D eigenvalue weighted by molar-refractivity contribution is 0.0941. The Bertz CT molecular complexity index is 1330. The number of benzene rings is 3. The second kappa shape index (κ2) is 7.12. The van der Waals surface area contributed by atoms with E-state index in [1.807, 2.05) is 18.2 Å². The third kappa shape index (κ3) is 2.91. The predicted octanol–water partition coefficient (Wildman–Crippen LogP) is 4.60. The Morgan fingerprint density at radius 3 is 2.74 bits per heavy atom. The molecule has 31 heavy (non-hydrogen) atoms. The molecular weight excluding hydrogens is 384 g/mol. The molecule has 3 aromatic rings. The van der Waals surface area contributed by atoms with E-state index in [0.717, 1.165) is 19.3 Å². The van der Waals surface area contributed by atoms with Gasteiger partial charge in [-0.1, -0.05) is 55.5 Å². The van der Waals surface area contributed by atoms with E-state index in [-0.39, 0.29) is 18.5 Å². The van der Waals surface area contributed by atoms with Gasteiger partial charge in [-0.05, 0) is 76.1 Å². The van der Waals surface area contributed by atoms with Crippen molar-refractivity contribution in [2.75, 3.05) is 6.79 Å². The second-order valence-corrected chi connectivity index (χ2v) is 8.64. The third-order valence-electron chi connectivity index (χ3n) is 6.99. The fourth-order valence-corrected chi connectivity index (χ4v) is 5.36. The maximum absolute atomic E-state index is 13.5. The maximum Gasteiger partial charge on any atom is 0.231 e. The zero-order chi connectivity index (χ0) is 20.9. The Morgan fingerprint density at radius 1 is 0.968 bits per heavy atom. The largest absolute Gasteiger partial charge is 0.454 e. The van der Waals surface area contributed by atoms with E-state index in [2.05, 4.69) is 55.5 Å². The molecule has 0 N–H and O–H groups in total. The van der Waals surface area contributed by atoms with Crippen LogP contribution in [0.15, 0.2) is 54.6 Å². The molecule has 2 aliphatic carbocycles. The van der Waals surface area contributed by atoms with Crippen LogP contribution >= 0.6 is 0 Å². The van der Waals surface area contributed by atoms with E-state index in [1.54, 1.807) is 0 Å². The zero-order valence-corrected chi connectivity index (χ0v) is 17.6. The third-order valence-corrected chi connectivity index (χ3v) is 6.99. The first-order valence-corrected chi connectivity index (χ1v) is 11.1. The minimum absolute atomic E-state index is 0.130. The van der Waals surface area contributed by atoms with Crippen LogP contribution in [-0.2, 0) is 6.42 Å². The van der Waals surface area contributed by atoms with Gasteiger partial charge in [0.25, 0.3) is 0 Å². The minimum atomic E-state index is -0.130. The Morgan fingerprint density at radius 2 is 1.84 bits per heavy atom. The standard InChI is InChI=1S/C28H24O3/c1-2-17-13-20(28(29)19-8-12-26-27(15-19)31-16-30-26)14-25-22(17)10-11-23-21-6-4-3-5-18(21)7-9-24(23)25/h3-6,8-12,14-15,17,20H,2,7,13,16H2,1H3. The average molecular weight is 408 g/mol. The van der Waals surface area contributed by atoms with Crippen molar-refractivity contribution in [3.63, 3.8) is 0 Å². The number of ether oxygens (including phenoxy) is 2. The molecule has 1 heterocycles. The van der Waals surface area contributed by atoms with Crippen LogP contribution in [0.2, 0.25) is 0 Å². The molecule has 3 aromatic carbocycles. The molecule has 6 rings (SSSR count). The van der Waals surface area contributed by atoms with E-state index in [1.165, 1.54) is 32.7 Å². The first-order chi connectivity index (χ1) is 15.2. The maximum atomic E-state index is 13.5. The molecule has 0 aromatic heterocycles. The SMILES string of the molecule is CCC1CC(C(=O)c2ccc3c(c2)OCO3)C=c2c1ccc1c2=CCc2ccccc2-1. The smallest absolute Gasteiger partial charge is 0.231 e. The number of hydrogen-bond acceptors (Lipinski definition) is 3. The molecule has 2 atom stereocenters. The van der Waals surface area contributed by atoms with Gasteiger partial charge in [0.1, 0.15) is 0 Å². The van der Waals surface area contributed by atoms with E-state index in [0.29, 0.717) is 23.0 Å². The fourth-order valence-electron chi connectivity index (χ4n) is 5.36. The summed E-state index contributed by atoms with van der Waals surface area (Å²) < 4.78 is 10.9.